The lowest BCUT2D eigenvalue weighted by Crippen LogP contribution is -2.23. The molecule has 1 amide bonds. The van der Waals surface area contributed by atoms with Gasteiger partial charge in [0.25, 0.3) is 5.91 Å². The van der Waals surface area contributed by atoms with Gasteiger partial charge in [0.1, 0.15) is 0 Å². The number of hydrogen-bond donors (Lipinski definition) is 1. The van der Waals surface area contributed by atoms with Crippen LogP contribution >= 0.6 is 27.5 Å². The molecule has 2 aromatic carbocycles. The molecule has 0 bridgehead atoms. The number of carbonyl (C=O) groups is 1. The van der Waals surface area contributed by atoms with E-state index in [1.807, 2.05) is 13.0 Å². The normalized spacial score (nSPS) is 11.6. The van der Waals surface area contributed by atoms with E-state index in [-0.39, 0.29) is 10.5 Å². The van der Waals surface area contributed by atoms with Gasteiger partial charge in [0, 0.05) is 24.1 Å². The van der Waals surface area contributed by atoms with E-state index in [2.05, 4.69) is 21.2 Å². The fourth-order valence-electron chi connectivity index (χ4n) is 1.95. The smallest absolute Gasteiger partial charge is 0.255 e. The first kappa shape index (κ1) is 18.9. The summed E-state index contributed by atoms with van der Waals surface area (Å²) < 4.78 is 26.1. The minimum Gasteiger partial charge on any atom is -0.321 e. The van der Waals surface area contributed by atoms with Crippen LogP contribution < -0.4 is 5.32 Å². The zero-order chi connectivity index (χ0) is 18.1. The number of nitrogens with one attached hydrogen (secondary N) is 1. The lowest BCUT2D eigenvalue weighted by molar-refractivity contribution is 0.102. The summed E-state index contributed by atoms with van der Waals surface area (Å²) in [5.41, 5.74) is 1.66. The molecule has 2 aromatic rings. The largest absolute Gasteiger partial charge is 0.321 e. The molecule has 1 N–H and O–H groups in total. The van der Waals surface area contributed by atoms with E-state index < -0.39 is 15.9 Å². The van der Waals surface area contributed by atoms with Crippen LogP contribution in [-0.2, 0) is 10.0 Å². The van der Waals surface area contributed by atoms with Crippen molar-refractivity contribution in [3.63, 3.8) is 0 Å². The Balaban J connectivity index is 2.37. The first-order valence-electron chi connectivity index (χ1n) is 6.92. The Bertz CT molecular complexity index is 898. The maximum Gasteiger partial charge on any atom is 0.255 e. The molecule has 0 aliphatic rings. The number of sulfonamides is 1. The SMILES string of the molecule is Cc1ccc(NC(=O)c2ccc(Br)c(S(=O)(=O)N(C)C)c2)c(Cl)c1. The third-order valence-electron chi connectivity index (χ3n) is 3.32. The molecule has 0 fully saturated rings. The summed E-state index contributed by atoms with van der Waals surface area (Å²) >= 11 is 9.32. The summed E-state index contributed by atoms with van der Waals surface area (Å²) in [6, 6.07) is 9.66. The second kappa shape index (κ2) is 7.23. The number of amides is 1. The van der Waals surface area contributed by atoms with E-state index in [1.54, 1.807) is 12.1 Å². The van der Waals surface area contributed by atoms with E-state index >= 15 is 0 Å². The van der Waals surface area contributed by atoms with Gasteiger partial charge in [0.05, 0.1) is 15.6 Å². The number of nitrogens with zero attached hydrogens (tertiary/aromatic N) is 1. The molecule has 24 heavy (non-hydrogen) atoms. The Hall–Kier alpha value is -1.41. The molecule has 0 aliphatic heterocycles. The topological polar surface area (TPSA) is 66.5 Å². The zero-order valence-electron chi connectivity index (χ0n) is 13.3. The molecule has 0 saturated heterocycles. The molecule has 128 valence electrons. The number of halogens is 2. The maximum absolute atomic E-state index is 12.4. The van der Waals surface area contributed by atoms with Gasteiger partial charge in [-0.3, -0.25) is 4.79 Å². The van der Waals surface area contributed by atoms with Gasteiger partial charge < -0.3 is 5.32 Å². The molecule has 0 atom stereocenters. The average Bonchev–Trinajstić information content (AvgIpc) is 2.50. The minimum atomic E-state index is -3.67. The average molecular weight is 432 g/mol. The number of carbonyl (C=O) groups excluding carboxylic acids is 1. The van der Waals surface area contributed by atoms with Crippen molar-refractivity contribution in [2.75, 3.05) is 19.4 Å². The first-order chi connectivity index (χ1) is 11.1. The fraction of sp³-hybridized carbons (Fsp3) is 0.188. The molecule has 0 aromatic heterocycles. The quantitative estimate of drug-likeness (QED) is 0.798. The zero-order valence-corrected chi connectivity index (χ0v) is 16.5. The van der Waals surface area contributed by atoms with Crippen LogP contribution in [0.2, 0.25) is 5.02 Å². The highest BCUT2D eigenvalue weighted by molar-refractivity contribution is 9.10. The monoisotopic (exact) mass is 430 g/mol. The second-order valence-corrected chi connectivity index (χ2v) is 8.75. The molecule has 0 spiro atoms. The lowest BCUT2D eigenvalue weighted by Gasteiger charge is -2.14. The predicted molar refractivity (Wildman–Crippen MR) is 99.2 cm³/mol. The molecule has 2 rings (SSSR count). The Morgan fingerprint density at radius 1 is 1.17 bits per heavy atom. The van der Waals surface area contributed by atoms with Crippen LogP contribution in [0.4, 0.5) is 5.69 Å². The summed E-state index contributed by atoms with van der Waals surface area (Å²) in [4.78, 5) is 12.4. The van der Waals surface area contributed by atoms with E-state index in [0.717, 1.165) is 9.87 Å². The molecule has 8 heteroatoms. The Morgan fingerprint density at radius 3 is 2.42 bits per heavy atom. The molecule has 0 heterocycles. The fourth-order valence-corrected chi connectivity index (χ4v) is 4.08. The lowest BCUT2D eigenvalue weighted by atomic mass is 10.2. The molecule has 0 aliphatic carbocycles. The van der Waals surface area contributed by atoms with Crippen LogP contribution in [0.3, 0.4) is 0 Å². The van der Waals surface area contributed by atoms with Crippen molar-refractivity contribution in [1.82, 2.24) is 4.31 Å². The summed E-state index contributed by atoms with van der Waals surface area (Å²) in [6.45, 7) is 1.89. The highest BCUT2D eigenvalue weighted by Gasteiger charge is 2.22. The number of benzene rings is 2. The summed E-state index contributed by atoms with van der Waals surface area (Å²) in [6.07, 6.45) is 0. The van der Waals surface area contributed by atoms with E-state index in [1.165, 1.54) is 32.3 Å². The van der Waals surface area contributed by atoms with Crippen LogP contribution in [0.15, 0.2) is 45.8 Å². The maximum atomic E-state index is 12.4. The Labute approximate surface area is 154 Å². The van der Waals surface area contributed by atoms with Gasteiger partial charge in [-0.2, -0.15) is 0 Å². The number of hydrogen-bond acceptors (Lipinski definition) is 3. The number of rotatable bonds is 4. The van der Waals surface area contributed by atoms with Gasteiger partial charge in [-0.25, -0.2) is 12.7 Å². The summed E-state index contributed by atoms with van der Waals surface area (Å²) in [7, 11) is -0.808. The second-order valence-electron chi connectivity index (χ2n) is 5.37. The Morgan fingerprint density at radius 2 is 1.83 bits per heavy atom. The van der Waals surface area contributed by atoms with E-state index in [0.29, 0.717) is 15.2 Å². The van der Waals surface area contributed by atoms with Gasteiger partial charge >= 0.3 is 0 Å². The van der Waals surface area contributed by atoms with Crippen molar-refractivity contribution in [1.29, 1.82) is 0 Å². The summed E-state index contributed by atoms with van der Waals surface area (Å²) in [5, 5.41) is 3.10. The van der Waals surface area contributed by atoms with E-state index in [9.17, 15) is 13.2 Å². The van der Waals surface area contributed by atoms with Gasteiger partial charge in [-0.1, -0.05) is 17.7 Å². The standard InChI is InChI=1S/C16H16BrClN2O3S/c1-10-4-7-14(13(18)8-10)19-16(21)11-5-6-12(17)15(9-11)24(22,23)20(2)3/h4-9H,1-3H3,(H,19,21). The molecule has 0 saturated carbocycles. The van der Waals surface area contributed by atoms with Crippen LogP contribution in [0.25, 0.3) is 0 Å². The third kappa shape index (κ3) is 3.97. The summed E-state index contributed by atoms with van der Waals surface area (Å²) in [5.74, 6) is -0.441. The molecular weight excluding hydrogens is 416 g/mol. The Kier molecular flexibility index (Phi) is 5.70. The van der Waals surface area contributed by atoms with Crippen molar-refractivity contribution in [2.45, 2.75) is 11.8 Å². The van der Waals surface area contributed by atoms with Gasteiger partial charge in [0.15, 0.2) is 0 Å². The van der Waals surface area contributed by atoms with Gasteiger partial charge in [-0.05, 0) is 58.7 Å². The van der Waals surface area contributed by atoms with Crippen LogP contribution in [0.1, 0.15) is 15.9 Å². The van der Waals surface area contributed by atoms with Gasteiger partial charge in [-0.15, -0.1) is 0 Å². The van der Waals surface area contributed by atoms with Gasteiger partial charge in [0.2, 0.25) is 10.0 Å². The third-order valence-corrected chi connectivity index (χ3v) is 6.45. The minimum absolute atomic E-state index is 0.0233. The van der Waals surface area contributed by atoms with Crippen molar-refractivity contribution in [3.05, 3.63) is 57.0 Å². The molecule has 0 radical (unpaired) electrons. The highest BCUT2D eigenvalue weighted by Crippen LogP contribution is 2.27. The van der Waals surface area contributed by atoms with Crippen molar-refractivity contribution < 1.29 is 13.2 Å². The predicted octanol–water partition coefficient (Wildman–Crippen LogP) is 3.91. The molecule has 5 nitrogen and oxygen atoms in total. The van der Waals surface area contributed by atoms with Crippen molar-refractivity contribution in [3.8, 4) is 0 Å². The molecular formula is C16H16BrClN2O3S. The van der Waals surface area contributed by atoms with Crippen LogP contribution in [-0.4, -0.2) is 32.7 Å². The van der Waals surface area contributed by atoms with E-state index in [4.69, 9.17) is 11.6 Å². The van der Waals surface area contributed by atoms with Crippen LogP contribution in [0.5, 0.6) is 0 Å². The van der Waals surface area contributed by atoms with Crippen LogP contribution in [0, 0.1) is 6.92 Å². The first-order valence-corrected chi connectivity index (χ1v) is 9.53. The number of anilines is 1. The number of aryl methyl sites for hydroxylation is 1. The van der Waals surface area contributed by atoms with Crippen molar-refractivity contribution >= 4 is 49.1 Å². The van der Waals surface area contributed by atoms with Crippen molar-refractivity contribution in [2.24, 2.45) is 0 Å². The highest BCUT2D eigenvalue weighted by atomic mass is 79.9. The molecule has 0 unspecified atom stereocenters.